The molecule has 1 aliphatic rings. The first-order valence-electron chi connectivity index (χ1n) is 10.2. The summed E-state index contributed by atoms with van der Waals surface area (Å²) in [7, 11) is 0. The van der Waals surface area contributed by atoms with Crippen molar-refractivity contribution in [3.05, 3.63) is 89.1 Å². The highest BCUT2D eigenvalue weighted by Crippen LogP contribution is 2.42. The zero-order valence-electron chi connectivity index (χ0n) is 17.8. The largest absolute Gasteiger partial charge is 0.507 e. The molecule has 0 aliphatic carbocycles. The fraction of sp³-hybridized carbons (Fsp3) is 0.200. The Labute approximate surface area is 184 Å². The van der Waals surface area contributed by atoms with E-state index in [4.69, 9.17) is 9.15 Å². The van der Waals surface area contributed by atoms with Gasteiger partial charge in [0, 0.05) is 11.3 Å². The summed E-state index contributed by atoms with van der Waals surface area (Å²) < 4.78 is 24.9. The van der Waals surface area contributed by atoms with Crippen molar-refractivity contribution in [1.82, 2.24) is 0 Å². The summed E-state index contributed by atoms with van der Waals surface area (Å²) in [6.07, 6.45) is 1.41. The Morgan fingerprint density at radius 2 is 1.84 bits per heavy atom. The van der Waals surface area contributed by atoms with E-state index < -0.39 is 29.3 Å². The van der Waals surface area contributed by atoms with Gasteiger partial charge in [0.05, 0.1) is 17.9 Å². The van der Waals surface area contributed by atoms with Crippen molar-refractivity contribution in [3.8, 4) is 5.75 Å². The average molecular weight is 435 g/mol. The van der Waals surface area contributed by atoms with E-state index in [-0.39, 0.29) is 17.2 Å². The highest BCUT2D eigenvalue weighted by molar-refractivity contribution is 6.51. The van der Waals surface area contributed by atoms with Gasteiger partial charge in [-0.15, -0.1) is 0 Å². The molecule has 1 aromatic heterocycles. The molecular formula is C25H22FNO5. The predicted molar refractivity (Wildman–Crippen MR) is 117 cm³/mol. The molecule has 0 spiro atoms. The van der Waals surface area contributed by atoms with Crippen LogP contribution in [-0.4, -0.2) is 22.9 Å². The fourth-order valence-corrected chi connectivity index (χ4v) is 3.72. The Balaban J connectivity index is 1.84. The van der Waals surface area contributed by atoms with E-state index in [1.54, 1.807) is 43.3 Å². The quantitative estimate of drug-likeness (QED) is 0.341. The van der Waals surface area contributed by atoms with Gasteiger partial charge in [0.2, 0.25) is 0 Å². The number of anilines is 1. The molecule has 1 amide bonds. The Morgan fingerprint density at radius 1 is 1.12 bits per heavy atom. The van der Waals surface area contributed by atoms with E-state index in [1.165, 1.54) is 29.4 Å². The zero-order valence-corrected chi connectivity index (χ0v) is 17.8. The van der Waals surface area contributed by atoms with E-state index in [2.05, 4.69) is 0 Å². The number of aliphatic hydroxyl groups excluding tert-OH is 1. The Hall–Kier alpha value is -3.87. The molecule has 1 atom stereocenters. The summed E-state index contributed by atoms with van der Waals surface area (Å²) >= 11 is 0. The summed E-state index contributed by atoms with van der Waals surface area (Å²) in [5, 5.41) is 11.0. The van der Waals surface area contributed by atoms with E-state index in [9.17, 15) is 19.1 Å². The van der Waals surface area contributed by atoms with Crippen LogP contribution in [0, 0.1) is 12.7 Å². The first-order valence-corrected chi connectivity index (χ1v) is 10.2. The van der Waals surface area contributed by atoms with Gasteiger partial charge in [0.1, 0.15) is 29.1 Å². The van der Waals surface area contributed by atoms with Gasteiger partial charge in [-0.05, 0) is 80.9 Å². The molecule has 7 heteroatoms. The van der Waals surface area contributed by atoms with Gasteiger partial charge >= 0.3 is 0 Å². The molecule has 164 valence electrons. The zero-order chi connectivity index (χ0) is 23.0. The van der Waals surface area contributed by atoms with Gasteiger partial charge in [0.25, 0.3) is 11.7 Å². The summed E-state index contributed by atoms with van der Waals surface area (Å²) in [6.45, 7) is 5.36. The lowest BCUT2D eigenvalue weighted by Crippen LogP contribution is -2.29. The fourth-order valence-electron chi connectivity index (χ4n) is 3.72. The number of halogens is 1. The SMILES string of the molecule is Cc1cc(/C(O)=C2/C(=O)C(=O)N(c3ccc(OC(C)C)cc3)C2c2ccco2)ccc1F. The molecule has 1 N–H and O–H groups in total. The molecule has 6 nitrogen and oxygen atoms in total. The van der Waals surface area contributed by atoms with Gasteiger partial charge in [-0.3, -0.25) is 14.5 Å². The second-order valence-corrected chi connectivity index (χ2v) is 7.81. The number of ether oxygens (including phenoxy) is 1. The summed E-state index contributed by atoms with van der Waals surface area (Å²) in [5.41, 5.74) is 0.857. The third-order valence-corrected chi connectivity index (χ3v) is 5.18. The molecule has 1 saturated heterocycles. The smallest absolute Gasteiger partial charge is 0.300 e. The number of Topliss-reactive ketones (excluding diaryl/α,β-unsaturated/α-hetero) is 1. The minimum absolute atomic E-state index is 0.0163. The van der Waals surface area contributed by atoms with Gasteiger partial charge in [-0.1, -0.05) is 0 Å². The number of carbonyl (C=O) groups is 2. The first kappa shape index (κ1) is 21.4. The Morgan fingerprint density at radius 3 is 2.44 bits per heavy atom. The summed E-state index contributed by atoms with van der Waals surface area (Å²) in [6, 6.07) is 13.0. The van der Waals surface area contributed by atoms with Crippen molar-refractivity contribution in [1.29, 1.82) is 0 Å². The molecule has 3 aromatic rings. The van der Waals surface area contributed by atoms with Crippen LogP contribution in [0.4, 0.5) is 10.1 Å². The van der Waals surface area contributed by atoms with Crippen molar-refractivity contribution in [2.24, 2.45) is 0 Å². The van der Waals surface area contributed by atoms with Crippen molar-refractivity contribution in [2.45, 2.75) is 32.9 Å². The molecule has 0 saturated carbocycles. The van der Waals surface area contributed by atoms with Gasteiger partial charge in [0.15, 0.2) is 0 Å². The molecular weight excluding hydrogens is 413 g/mol. The minimum Gasteiger partial charge on any atom is -0.507 e. The Bertz CT molecular complexity index is 1200. The second-order valence-electron chi connectivity index (χ2n) is 7.81. The summed E-state index contributed by atoms with van der Waals surface area (Å²) in [5.74, 6) is -1.55. The predicted octanol–water partition coefficient (Wildman–Crippen LogP) is 5.14. The second kappa shape index (κ2) is 8.34. The molecule has 1 aliphatic heterocycles. The van der Waals surface area contributed by atoms with Crippen LogP contribution in [0.3, 0.4) is 0 Å². The van der Waals surface area contributed by atoms with Crippen LogP contribution >= 0.6 is 0 Å². The number of benzene rings is 2. The van der Waals surface area contributed by atoms with E-state index >= 15 is 0 Å². The van der Waals surface area contributed by atoms with Crippen LogP contribution in [0.1, 0.15) is 36.8 Å². The number of hydrogen-bond donors (Lipinski definition) is 1. The number of aryl methyl sites for hydroxylation is 1. The highest BCUT2D eigenvalue weighted by atomic mass is 19.1. The maximum Gasteiger partial charge on any atom is 0.300 e. The molecule has 2 heterocycles. The van der Waals surface area contributed by atoms with Crippen LogP contribution in [0.2, 0.25) is 0 Å². The van der Waals surface area contributed by atoms with Crippen molar-refractivity contribution in [3.63, 3.8) is 0 Å². The molecule has 32 heavy (non-hydrogen) atoms. The van der Waals surface area contributed by atoms with Gasteiger partial charge < -0.3 is 14.3 Å². The van der Waals surface area contributed by atoms with Crippen LogP contribution in [-0.2, 0) is 9.59 Å². The number of rotatable bonds is 5. The maximum absolute atomic E-state index is 13.7. The lowest BCUT2D eigenvalue weighted by atomic mass is 9.98. The number of aliphatic hydroxyl groups is 1. The van der Waals surface area contributed by atoms with Crippen LogP contribution in [0.5, 0.6) is 5.75 Å². The standard InChI is InChI=1S/C25H22FNO5/c1-14(2)32-18-9-7-17(8-10-18)27-22(20-5-4-12-31-20)21(24(29)25(27)30)23(28)16-6-11-19(26)15(3)13-16/h4-14,22,28H,1-3H3/b23-21-. The molecule has 1 unspecified atom stereocenters. The normalized spacial score (nSPS) is 17.9. The van der Waals surface area contributed by atoms with Crippen LogP contribution in [0.25, 0.3) is 5.76 Å². The van der Waals surface area contributed by atoms with Crippen molar-refractivity contribution >= 4 is 23.1 Å². The Kier molecular flexibility index (Phi) is 5.57. The van der Waals surface area contributed by atoms with E-state index in [0.29, 0.717) is 22.8 Å². The number of hydrogen-bond acceptors (Lipinski definition) is 5. The molecule has 2 aromatic carbocycles. The number of nitrogens with zero attached hydrogens (tertiary/aromatic N) is 1. The maximum atomic E-state index is 13.7. The van der Waals surface area contributed by atoms with E-state index in [0.717, 1.165) is 0 Å². The highest BCUT2D eigenvalue weighted by Gasteiger charge is 2.48. The van der Waals surface area contributed by atoms with Gasteiger partial charge in [-0.25, -0.2) is 4.39 Å². The monoisotopic (exact) mass is 435 g/mol. The molecule has 4 rings (SSSR count). The van der Waals surface area contributed by atoms with Crippen LogP contribution in [0.15, 0.2) is 70.9 Å². The molecule has 1 fully saturated rings. The molecule has 0 radical (unpaired) electrons. The van der Waals surface area contributed by atoms with Crippen molar-refractivity contribution in [2.75, 3.05) is 4.90 Å². The molecule has 0 bridgehead atoms. The minimum atomic E-state index is -0.979. The van der Waals surface area contributed by atoms with Crippen molar-refractivity contribution < 1.29 is 28.2 Å². The van der Waals surface area contributed by atoms with E-state index in [1.807, 2.05) is 13.8 Å². The van der Waals surface area contributed by atoms with Gasteiger partial charge in [-0.2, -0.15) is 0 Å². The number of carbonyl (C=O) groups excluding carboxylic acids is 2. The third-order valence-electron chi connectivity index (χ3n) is 5.18. The first-order chi connectivity index (χ1) is 15.3. The lowest BCUT2D eigenvalue weighted by Gasteiger charge is -2.23. The number of amides is 1. The third kappa shape index (κ3) is 3.77. The topological polar surface area (TPSA) is 80.0 Å². The summed E-state index contributed by atoms with van der Waals surface area (Å²) in [4.78, 5) is 27.3. The number of ketones is 1. The van der Waals surface area contributed by atoms with Crippen LogP contribution < -0.4 is 9.64 Å². The average Bonchev–Trinajstić information content (AvgIpc) is 3.37. The number of furan rings is 1. The lowest BCUT2D eigenvalue weighted by molar-refractivity contribution is -0.132.